The fourth-order valence-corrected chi connectivity index (χ4v) is 0.817. The number of hydrogen-bond acceptors (Lipinski definition) is 4. The maximum Gasteiger partial charge on any atom is 0.330 e. The molecule has 0 aliphatic heterocycles. The summed E-state index contributed by atoms with van der Waals surface area (Å²) in [7, 11) is 0. The maximum absolute atomic E-state index is 9.86. The molecule has 0 spiro atoms. The molecule has 5 heteroatoms. The van der Waals surface area contributed by atoms with Gasteiger partial charge in [-0.05, 0) is 13.8 Å². The molecule has 0 atom stereocenters. The van der Waals surface area contributed by atoms with E-state index in [1.54, 1.807) is 31.7 Å². The number of carboxylic acids is 1. The first kappa shape index (κ1) is 15.9. The van der Waals surface area contributed by atoms with Crippen molar-refractivity contribution in [1.29, 1.82) is 0 Å². The predicted octanol–water partition coefficient (Wildman–Crippen LogP) is 0.741. The molecule has 0 aromatic heterocycles. The Morgan fingerprint density at radius 1 is 1.29 bits per heavy atom. The highest BCUT2D eigenvalue weighted by Gasteiger charge is 1.93. The topological polar surface area (TPSA) is 77.8 Å². The van der Waals surface area contributed by atoms with E-state index in [0.717, 1.165) is 11.5 Å². The summed E-state index contributed by atoms with van der Waals surface area (Å²) in [4.78, 5) is 9.86. The fourth-order valence-electron chi connectivity index (χ4n) is 0.355. The lowest BCUT2D eigenvalue weighted by molar-refractivity contribution is -0.132. The average Bonchev–Trinajstić information content (AvgIpc) is 2.18. The van der Waals surface area contributed by atoms with Gasteiger partial charge in [-0.3, -0.25) is 0 Å². The highest BCUT2D eigenvalue weighted by molar-refractivity contribution is 7.99. The van der Waals surface area contributed by atoms with Gasteiger partial charge < -0.3 is 15.3 Å². The number of aliphatic hydroxyl groups is 2. The molecule has 0 unspecified atom stereocenters. The molecule has 0 aromatic carbocycles. The van der Waals surface area contributed by atoms with Gasteiger partial charge in [0.1, 0.15) is 0 Å². The summed E-state index contributed by atoms with van der Waals surface area (Å²) in [6.07, 6.45) is 1.56. The zero-order valence-electron chi connectivity index (χ0n) is 8.56. The molecule has 4 nitrogen and oxygen atoms in total. The van der Waals surface area contributed by atoms with Crippen molar-refractivity contribution >= 4 is 17.7 Å². The average molecular weight is 222 g/mol. The number of aliphatic hydroxyl groups excluding tert-OH is 2. The maximum atomic E-state index is 9.86. The minimum absolute atomic E-state index is 0.213. The Balaban J connectivity index is 0. The van der Waals surface area contributed by atoms with Gasteiger partial charge >= 0.3 is 5.97 Å². The summed E-state index contributed by atoms with van der Waals surface area (Å²) in [5, 5.41) is 24.5. The summed E-state index contributed by atoms with van der Waals surface area (Å²) in [5.41, 5.74) is 0.389. The largest absolute Gasteiger partial charge is 0.478 e. The molecule has 0 fully saturated rings. The van der Waals surface area contributed by atoms with Crippen LogP contribution in [-0.2, 0) is 4.79 Å². The van der Waals surface area contributed by atoms with Crippen LogP contribution in [0, 0.1) is 0 Å². The second-order valence-electron chi connectivity index (χ2n) is 2.34. The fraction of sp³-hybridized carbons (Fsp3) is 0.667. The third-order valence-corrected chi connectivity index (χ3v) is 2.18. The predicted molar refractivity (Wildman–Crippen MR) is 58.6 cm³/mol. The molecule has 0 heterocycles. The summed E-state index contributed by atoms with van der Waals surface area (Å²) in [6, 6.07) is 0. The lowest BCUT2D eigenvalue weighted by Crippen LogP contribution is -1.93. The minimum Gasteiger partial charge on any atom is -0.478 e. The second kappa shape index (κ2) is 12.5. The summed E-state index contributed by atoms with van der Waals surface area (Å²) in [6.45, 7) is 3.68. The Labute approximate surface area is 88.6 Å². The van der Waals surface area contributed by atoms with Gasteiger partial charge in [-0.2, -0.15) is 11.8 Å². The van der Waals surface area contributed by atoms with Crippen molar-refractivity contribution in [3.8, 4) is 0 Å². The molecular weight excluding hydrogens is 204 g/mol. The molecule has 0 aliphatic rings. The Hall–Kier alpha value is -0.520. The number of rotatable bonds is 5. The molecule has 0 saturated carbocycles. The second-order valence-corrected chi connectivity index (χ2v) is 3.56. The van der Waals surface area contributed by atoms with E-state index in [-0.39, 0.29) is 13.2 Å². The van der Waals surface area contributed by atoms with Crippen LogP contribution >= 0.6 is 11.8 Å². The Morgan fingerprint density at radius 2 is 1.71 bits per heavy atom. The number of thioether (sulfide) groups is 1. The van der Waals surface area contributed by atoms with Gasteiger partial charge in [0, 0.05) is 17.1 Å². The first-order chi connectivity index (χ1) is 6.59. The lowest BCUT2D eigenvalue weighted by Gasteiger charge is -1.90. The smallest absolute Gasteiger partial charge is 0.330 e. The Kier molecular flexibility index (Phi) is 14.2. The van der Waals surface area contributed by atoms with E-state index in [2.05, 4.69) is 0 Å². The van der Waals surface area contributed by atoms with Gasteiger partial charge in [0.25, 0.3) is 0 Å². The first-order valence-corrected chi connectivity index (χ1v) is 5.41. The third-order valence-electron chi connectivity index (χ3n) is 1.24. The van der Waals surface area contributed by atoms with Crippen LogP contribution in [-0.4, -0.2) is 46.0 Å². The quantitative estimate of drug-likeness (QED) is 0.472. The van der Waals surface area contributed by atoms with E-state index in [1.807, 2.05) is 0 Å². The Bertz CT molecular complexity index is 164. The molecule has 0 bridgehead atoms. The number of carboxylic acid groups (broad SMARTS) is 1. The monoisotopic (exact) mass is 222 g/mol. The van der Waals surface area contributed by atoms with Crippen LogP contribution in [0.4, 0.5) is 0 Å². The zero-order valence-corrected chi connectivity index (χ0v) is 9.38. The van der Waals surface area contributed by atoms with Gasteiger partial charge in [-0.25, -0.2) is 4.79 Å². The molecular formula is C9H18O4S. The van der Waals surface area contributed by atoms with Gasteiger partial charge in [0.15, 0.2) is 0 Å². The van der Waals surface area contributed by atoms with Gasteiger partial charge in [-0.15, -0.1) is 0 Å². The molecule has 0 rings (SSSR count). The van der Waals surface area contributed by atoms with Crippen molar-refractivity contribution in [2.45, 2.75) is 13.8 Å². The number of hydrogen-bond donors (Lipinski definition) is 3. The molecule has 14 heavy (non-hydrogen) atoms. The van der Waals surface area contributed by atoms with E-state index < -0.39 is 5.97 Å². The van der Waals surface area contributed by atoms with Crippen molar-refractivity contribution in [2.24, 2.45) is 0 Å². The van der Waals surface area contributed by atoms with Crippen LogP contribution in [0.25, 0.3) is 0 Å². The van der Waals surface area contributed by atoms with Crippen LogP contribution in [0.1, 0.15) is 13.8 Å². The van der Waals surface area contributed by atoms with Crippen molar-refractivity contribution in [3.05, 3.63) is 11.6 Å². The van der Waals surface area contributed by atoms with Crippen LogP contribution in [0.15, 0.2) is 11.6 Å². The van der Waals surface area contributed by atoms with E-state index >= 15 is 0 Å². The van der Waals surface area contributed by atoms with E-state index in [4.69, 9.17) is 15.3 Å². The number of aliphatic carboxylic acids is 1. The van der Waals surface area contributed by atoms with Crippen molar-refractivity contribution < 1.29 is 20.1 Å². The number of carbonyl (C=O) groups is 1. The van der Waals surface area contributed by atoms with Crippen molar-refractivity contribution in [2.75, 3.05) is 24.7 Å². The highest BCUT2D eigenvalue weighted by atomic mass is 32.2. The lowest BCUT2D eigenvalue weighted by atomic mass is 10.3. The van der Waals surface area contributed by atoms with Crippen LogP contribution in [0.3, 0.4) is 0 Å². The highest BCUT2D eigenvalue weighted by Crippen LogP contribution is 1.94. The van der Waals surface area contributed by atoms with E-state index in [9.17, 15) is 4.79 Å². The molecule has 3 N–H and O–H groups in total. The normalized spacial score (nSPS) is 10.4. The van der Waals surface area contributed by atoms with Crippen molar-refractivity contribution in [3.63, 3.8) is 0 Å². The molecule has 0 amide bonds. The first-order valence-electron chi connectivity index (χ1n) is 4.25. The molecule has 84 valence electrons. The Morgan fingerprint density at radius 3 is 1.86 bits per heavy atom. The van der Waals surface area contributed by atoms with Crippen LogP contribution in [0.2, 0.25) is 0 Å². The molecule has 0 saturated heterocycles. The summed E-state index contributed by atoms with van der Waals surface area (Å²) < 4.78 is 0. The standard InChI is InChI=1S/C5H8O2.C4H10O2S/c1-3-4(2)5(6)7;5-1-3-7-4-2-6/h3H,1-2H3,(H,6,7);5-6H,1-4H2. The van der Waals surface area contributed by atoms with E-state index in [0.29, 0.717) is 5.57 Å². The van der Waals surface area contributed by atoms with Crippen LogP contribution < -0.4 is 0 Å². The molecule has 0 aromatic rings. The van der Waals surface area contributed by atoms with E-state index in [1.165, 1.54) is 0 Å². The summed E-state index contributed by atoms with van der Waals surface area (Å²) >= 11 is 1.55. The van der Waals surface area contributed by atoms with Gasteiger partial charge in [0.2, 0.25) is 0 Å². The summed E-state index contributed by atoms with van der Waals surface area (Å²) in [5.74, 6) is 0.628. The SMILES string of the molecule is CC=C(C)C(=O)O.OCCSCCO. The minimum atomic E-state index is -0.845. The molecule has 0 aliphatic carbocycles. The van der Waals surface area contributed by atoms with Crippen molar-refractivity contribution in [1.82, 2.24) is 0 Å². The number of allylic oxidation sites excluding steroid dienone is 1. The molecule has 0 radical (unpaired) electrons. The third kappa shape index (κ3) is 14.0. The zero-order chi connectivity index (χ0) is 11.4. The van der Waals surface area contributed by atoms with Gasteiger partial charge in [-0.1, -0.05) is 6.08 Å². The van der Waals surface area contributed by atoms with Gasteiger partial charge in [0.05, 0.1) is 13.2 Å². The van der Waals surface area contributed by atoms with Crippen LogP contribution in [0.5, 0.6) is 0 Å².